The maximum atomic E-state index is 13.3. The van der Waals surface area contributed by atoms with E-state index < -0.39 is 17.7 Å². The number of ether oxygens (including phenoxy) is 2. The van der Waals surface area contributed by atoms with Gasteiger partial charge in [-0.05, 0) is 65.2 Å². The Labute approximate surface area is 217 Å². The molecule has 4 aromatic rings. The van der Waals surface area contributed by atoms with E-state index in [1.807, 2.05) is 34.6 Å². The molecule has 4 aromatic heterocycles. The highest BCUT2D eigenvalue weighted by atomic mass is 19.4. The largest absolute Gasteiger partial charge is 0.573 e. The molecule has 0 atom stereocenters. The van der Waals surface area contributed by atoms with Crippen LogP contribution in [0.1, 0.15) is 56.5 Å². The van der Waals surface area contributed by atoms with E-state index in [2.05, 4.69) is 19.8 Å². The molecule has 1 fully saturated rings. The first-order valence-electron chi connectivity index (χ1n) is 12.4. The minimum absolute atomic E-state index is 0.0265. The van der Waals surface area contributed by atoms with Gasteiger partial charge in [0.1, 0.15) is 5.60 Å². The predicted octanol–water partition coefficient (Wildman–Crippen LogP) is 5.67. The van der Waals surface area contributed by atoms with Gasteiger partial charge in [-0.2, -0.15) is 5.10 Å². The average molecular weight is 531 g/mol. The van der Waals surface area contributed by atoms with Crippen molar-refractivity contribution < 1.29 is 27.4 Å². The van der Waals surface area contributed by atoms with E-state index in [1.165, 1.54) is 6.07 Å². The summed E-state index contributed by atoms with van der Waals surface area (Å²) in [5.74, 6) is -0.435. The first-order chi connectivity index (χ1) is 17.8. The number of likely N-dealkylation sites (tertiary alicyclic amines) is 1. The van der Waals surface area contributed by atoms with Gasteiger partial charge in [0.05, 0.1) is 23.3 Å². The summed E-state index contributed by atoms with van der Waals surface area (Å²) in [4.78, 5) is 23.0. The van der Waals surface area contributed by atoms with Crippen molar-refractivity contribution in [1.82, 2.24) is 28.9 Å². The van der Waals surface area contributed by atoms with Gasteiger partial charge in [-0.15, -0.1) is 13.2 Å². The third kappa shape index (κ3) is 5.39. The van der Waals surface area contributed by atoms with Gasteiger partial charge in [0.25, 0.3) is 0 Å². The molecule has 0 radical (unpaired) electrons. The number of hydrogen-bond donors (Lipinski definition) is 0. The van der Waals surface area contributed by atoms with E-state index in [1.54, 1.807) is 38.5 Å². The molecule has 5 rings (SSSR count). The highest BCUT2D eigenvalue weighted by molar-refractivity contribution is 5.69. The van der Waals surface area contributed by atoms with Crippen molar-refractivity contribution in [1.29, 1.82) is 0 Å². The van der Waals surface area contributed by atoms with Crippen molar-refractivity contribution in [3.05, 3.63) is 47.7 Å². The number of carbonyl (C=O) groups is 1. The average Bonchev–Trinajstić information content (AvgIpc) is 3.40. The van der Waals surface area contributed by atoms with Crippen LogP contribution < -0.4 is 4.74 Å². The van der Waals surface area contributed by atoms with Gasteiger partial charge >= 0.3 is 12.5 Å². The molecule has 12 heteroatoms. The number of alkyl halides is 3. The summed E-state index contributed by atoms with van der Waals surface area (Å²) >= 11 is 0. The minimum atomic E-state index is -4.89. The van der Waals surface area contributed by atoms with Gasteiger partial charge in [-0.1, -0.05) is 0 Å². The Morgan fingerprint density at radius 1 is 1.00 bits per heavy atom. The van der Waals surface area contributed by atoms with Gasteiger partial charge in [0.15, 0.2) is 17.0 Å². The lowest BCUT2D eigenvalue weighted by Gasteiger charge is -2.32. The van der Waals surface area contributed by atoms with Gasteiger partial charge in [0, 0.05) is 37.0 Å². The van der Waals surface area contributed by atoms with Crippen LogP contribution in [0.2, 0.25) is 0 Å². The quantitative estimate of drug-likeness (QED) is 0.339. The number of piperidine rings is 1. The minimum Gasteiger partial charge on any atom is -0.444 e. The molecule has 1 aliphatic rings. The molecule has 38 heavy (non-hydrogen) atoms. The SMILES string of the molecule is Cc1cn2nc(-c3cc(OC(F)(F)F)c4nc(C5CCN(C(=O)OC(C)(C)C)CC5)cn4c3)cc(C)c2n1. The predicted molar refractivity (Wildman–Crippen MR) is 133 cm³/mol. The Hall–Kier alpha value is -3.83. The van der Waals surface area contributed by atoms with Crippen LogP contribution in [-0.4, -0.2) is 60.0 Å². The van der Waals surface area contributed by atoms with Crippen LogP contribution in [0.15, 0.2) is 30.7 Å². The van der Waals surface area contributed by atoms with Crippen LogP contribution in [0.25, 0.3) is 22.6 Å². The van der Waals surface area contributed by atoms with E-state index in [4.69, 9.17) is 4.74 Å². The van der Waals surface area contributed by atoms with Crippen molar-refractivity contribution in [3.8, 4) is 17.0 Å². The molecule has 0 spiro atoms. The lowest BCUT2D eigenvalue weighted by molar-refractivity contribution is -0.274. The third-order valence-corrected chi connectivity index (χ3v) is 6.35. The first kappa shape index (κ1) is 25.8. The monoisotopic (exact) mass is 530 g/mol. The summed E-state index contributed by atoms with van der Waals surface area (Å²) in [5, 5.41) is 4.55. The third-order valence-electron chi connectivity index (χ3n) is 6.35. The van der Waals surface area contributed by atoms with E-state index in [0.717, 1.165) is 11.3 Å². The Morgan fingerprint density at radius 2 is 1.71 bits per heavy atom. The Balaban J connectivity index is 1.47. The fourth-order valence-electron chi connectivity index (χ4n) is 4.69. The number of amides is 1. The number of aryl methyl sites for hydroxylation is 2. The summed E-state index contributed by atoms with van der Waals surface area (Å²) in [5.41, 5.74) is 3.34. The lowest BCUT2D eigenvalue weighted by Crippen LogP contribution is -2.41. The van der Waals surface area contributed by atoms with Gasteiger partial charge in [-0.3, -0.25) is 0 Å². The second-order valence-electron chi connectivity index (χ2n) is 10.6. The molecule has 0 aromatic carbocycles. The van der Waals surface area contributed by atoms with Crippen molar-refractivity contribution in [2.45, 2.75) is 65.3 Å². The number of rotatable bonds is 3. The topological polar surface area (TPSA) is 86.3 Å². The fraction of sp³-hybridized carbons (Fsp3) is 0.462. The molecule has 1 amide bonds. The van der Waals surface area contributed by atoms with Crippen LogP contribution in [0, 0.1) is 13.8 Å². The zero-order valence-corrected chi connectivity index (χ0v) is 21.8. The van der Waals surface area contributed by atoms with Crippen LogP contribution >= 0.6 is 0 Å². The number of nitrogens with zero attached hydrogens (tertiary/aromatic N) is 6. The van der Waals surface area contributed by atoms with Gasteiger partial charge < -0.3 is 18.8 Å². The molecule has 0 aliphatic carbocycles. The number of imidazole rings is 2. The molecule has 202 valence electrons. The van der Waals surface area contributed by atoms with Gasteiger partial charge in [0.2, 0.25) is 0 Å². The Morgan fingerprint density at radius 3 is 2.37 bits per heavy atom. The van der Waals surface area contributed by atoms with Crippen LogP contribution in [0.4, 0.5) is 18.0 Å². The molecule has 1 aliphatic heterocycles. The van der Waals surface area contributed by atoms with E-state index in [0.29, 0.717) is 48.5 Å². The second-order valence-corrected chi connectivity index (χ2v) is 10.6. The molecule has 0 bridgehead atoms. The molecule has 0 unspecified atom stereocenters. The summed E-state index contributed by atoms with van der Waals surface area (Å²) in [6.07, 6.45) is 1.15. The van der Waals surface area contributed by atoms with Gasteiger partial charge in [-0.25, -0.2) is 19.3 Å². The summed E-state index contributed by atoms with van der Waals surface area (Å²) in [6, 6.07) is 3.09. The highest BCUT2D eigenvalue weighted by Gasteiger charge is 2.34. The maximum Gasteiger partial charge on any atom is 0.573 e. The summed E-state index contributed by atoms with van der Waals surface area (Å²) in [6.45, 7) is 10.1. The van der Waals surface area contributed by atoms with Crippen molar-refractivity contribution in [3.63, 3.8) is 0 Å². The molecule has 9 nitrogen and oxygen atoms in total. The normalized spacial score (nSPS) is 15.4. The molecule has 0 saturated carbocycles. The zero-order chi connectivity index (χ0) is 27.4. The Kier molecular flexibility index (Phi) is 6.23. The fourth-order valence-corrected chi connectivity index (χ4v) is 4.69. The number of hydrogen-bond acceptors (Lipinski definition) is 6. The zero-order valence-electron chi connectivity index (χ0n) is 21.8. The van der Waals surface area contributed by atoms with Crippen LogP contribution in [0.3, 0.4) is 0 Å². The highest BCUT2D eigenvalue weighted by Crippen LogP contribution is 2.35. The number of pyridine rings is 1. The number of fused-ring (bicyclic) bond motifs is 2. The van der Waals surface area contributed by atoms with Crippen molar-refractivity contribution in [2.24, 2.45) is 0 Å². The van der Waals surface area contributed by atoms with E-state index in [9.17, 15) is 18.0 Å². The second kappa shape index (κ2) is 9.17. The lowest BCUT2D eigenvalue weighted by atomic mass is 9.94. The maximum absolute atomic E-state index is 13.3. The number of aromatic nitrogens is 5. The molecule has 5 heterocycles. The molecular weight excluding hydrogens is 501 g/mol. The molecular formula is C26H29F3N6O3. The van der Waals surface area contributed by atoms with Crippen LogP contribution in [0.5, 0.6) is 5.75 Å². The van der Waals surface area contributed by atoms with Crippen LogP contribution in [-0.2, 0) is 4.74 Å². The number of carbonyl (C=O) groups excluding carboxylic acids is 1. The summed E-state index contributed by atoms with van der Waals surface area (Å²) in [7, 11) is 0. The first-order valence-corrected chi connectivity index (χ1v) is 12.4. The standard InChI is InChI=1S/C26H29F3N6O3/c1-15-10-19(32-35-12-16(2)30-22(15)35)18-11-21(37-26(27,28)29)23-31-20(14-34(23)13-18)17-6-8-33(9-7-17)24(36)38-25(3,4)5/h10-14,17H,6-9H2,1-5H3. The van der Waals surface area contributed by atoms with E-state index in [-0.39, 0.29) is 17.7 Å². The molecule has 0 N–H and O–H groups in total. The summed E-state index contributed by atoms with van der Waals surface area (Å²) < 4.78 is 53.0. The van der Waals surface area contributed by atoms with Crippen molar-refractivity contribution in [2.75, 3.05) is 13.1 Å². The van der Waals surface area contributed by atoms with E-state index >= 15 is 0 Å². The van der Waals surface area contributed by atoms with Crippen molar-refractivity contribution >= 4 is 17.4 Å². The smallest absolute Gasteiger partial charge is 0.444 e. The Bertz CT molecular complexity index is 1510. The number of halogens is 3. The molecule has 1 saturated heterocycles.